The number of aromatic nitrogens is 1. The number of urea groups is 1. The Balaban J connectivity index is 2.66. The molecule has 0 spiro atoms. The molecule has 0 aromatic carbocycles. The zero-order valence-electron chi connectivity index (χ0n) is 11.1. The van der Waals surface area contributed by atoms with E-state index < -0.39 is 11.6 Å². The van der Waals surface area contributed by atoms with Crippen molar-refractivity contribution in [2.24, 2.45) is 0 Å². The average Bonchev–Trinajstić information content (AvgIpc) is 2.37. The van der Waals surface area contributed by atoms with Crippen LogP contribution in [0.2, 0.25) is 5.15 Å². The number of hydrogen-bond donors (Lipinski definition) is 3. The summed E-state index contributed by atoms with van der Waals surface area (Å²) in [5, 5.41) is 15.4. The van der Waals surface area contributed by atoms with Crippen molar-refractivity contribution in [2.75, 3.05) is 11.9 Å². The van der Waals surface area contributed by atoms with Crippen molar-refractivity contribution in [3.05, 3.63) is 21.4 Å². The van der Waals surface area contributed by atoms with Crippen molar-refractivity contribution in [1.29, 1.82) is 0 Å². The van der Waals surface area contributed by atoms with Gasteiger partial charge in [-0.05, 0) is 41.8 Å². The van der Waals surface area contributed by atoms with Gasteiger partial charge in [0.25, 0.3) is 0 Å². The third-order valence-electron chi connectivity index (χ3n) is 2.86. The molecule has 0 saturated heterocycles. The molecule has 1 rings (SSSR count). The number of nitrogens with zero attached hydrogens (tertiary/aromatic N) is 1. The highest BCUT2D eigenvalue weighted by Crippen LogP contribution is 2.28. The van der Waals surface area contributed by atoms with Gasteiger partial charge >= 0.3 is 6.03 Å². The first-order valence-corrected chi connectivity index (χ1v) is 7.01. The Morgan fingerprint density at radius 2 is 2.26 bits per heavy atom. The third-order valence-corrected chi connectivity index (χ3v) is 4.35. The van der Waals surface area contributed by atoms with E-state index in [0.29, 0.717) is 21.7 Å². The number of pyridine rings is 1. The number of anilines is 1. The Morgan fingerprint density at radius 1 is 1.63 bits per heavy atom. The largest absolute Gasteiger partial charge is 0.388 e. The molecular formula is C12H17BrClN3O2. The van der Waals surface area contributed by atoms with Gasteiger partial charge in [0.15, 0.2) is 0 Å². The van der Waals surface area contributed by atoms with Crippen LogP contribution in [0.25, 0.3) is 0 Å². The van der Waals surface area contributed by atoms with Crippen molar-refractivity contribution in [2.45, 2.75) is 32.8 Å². The molecule has 19 heavy (non-hydrogen) atoms. The summed E-state index contributed by atoms with van der Waals surface area (Å²) in [6, 6.07) is -0.396. The molecule has 0 radical (unpaired) electrons. The predicted molar refractivity (Wildman–Crippen MR) is 79.6 cm³/mol. The Kier molecular flexibility index (Phi) is 5.58. The van der Waals surface area contributed by atoms with Crippen molar-refractivity contribution >= 4 is 39.2 Å². The molecule has 0 fully saturated rings. The smallest absolute Gasteiger partial charge is 0.319 e. The van der Waals surface area contributed by atoms with E-state index in [4.69, 9.17) is 11.6 Å². The van der Waals surface area contributed by atoms with Crippen molar-refractivity contribution in [3.63, 3.8) is 0 Å². The lowest BCUT2D eigenvalue weighted by atomic mass is 10.0. The average molecular weight is 351 g/mol. The number of carbonyl (C=O) groups is 1. The summed E-state index contributed by atoms with van der Waals surface area (Å²) in [4.78, 5) is 15.7. The highest BCUT2D eigenvalue weighted by Gasteiger charge is 2.18. The van der Waals surface area contributed by atoms with Crippen LogP contribution in [0.5, 0.6) is 0 Å². The third kappa shape index (κ3) is 4.63. The molecule has 1 heterocycles. The van der Waals surface area contributed by atoms with Crippen molar-refractivity contribution in [3.8, 4) is 0 Å². The lowest BCUT2D eigenvalue weighted by Crippen LogP contribution is -2.41. The van der Waals surface area contributed by atoms with Gasteiger partial charge in [-0.2, -0.15) is 0 Å². The quantitative estimate of drug-likeness (QED) is 0.731. The van der Waals surface area contributed by atoms with Gasteiger partial charge in [-0.25, -0.2) is 9.78 Å². The van der Waals surface area contributed by atoms with Crippen molar-refractivity contribution in [1.82, 2.24) is 10.3 Å². The number of amides is 2. The summed E-state index contributed by atoms with van der Waals surface area (Å²) in [6.07, 6.45) is 2.04. The second-order valence-electron chi connectivity index (χ2n) is 4.56. The molecule has 1 atom stereocenters. The van der Waals surface area contributed by atoms with Gasteiger partial charge < -0.3 is 15.7 Å². The zero-order chi connectivity index (χ0) is 14.6. The van der Waals surface area contributed by atoms with Crippen LogP contribution in [0.15, 0.2) is 10.7 Å². The Bertz CT molecular complexity index is 480. The summed E-state index contributed by atoms with van der Waals surface area (Å²) < 4.78 is 0.646. The number of halogens is 2. The molecular weight excluding hydrogens is 334 g/mol. The summed E-state index contributed by atoms with van der Waals surface area (Å²) in [5.41, 5.74) is 0.438. The molecule has 0 saturated carbocycles. The maximum Gasteiger partial charge on any atom is 0.319 e. The number of nitrogens with one attached hydrogen (secondary N) is 2. The van der Waals surface area contributed by atoms with Crippen LogP contribution in [-0.4, -0.2) is 28.3 Å². The van der Waals surface area contributed by atoms with Crippen LogP contribution in [0.3, 0.4) is 0 Å². The topological polar surface area (TPSA) is 74.2 Å². The molecule has 1 aromatic heterocycles. The van der Waals surface area contributed by atoms with E-state index in [1.54, 1.807) is 6.92 Å². The molecule has 106 valence electrons. The molecule has 0 aliphatic heterocycles. The first kappa shape index (κ1) is 16.2. The van der Waals surface area contributed by atoms with E-state index in [9.17, 15) is 9.90 Å². The van der Waals surface area contributed by atoms with Gasteiger partial charge in [-0.15, -0.1) is 0 Å². The molecule has 3 N–H and O–H groups in total. The lowest BCUT2D eigenvalue weighted by molar-refractivity contribution is 0.0587. The van der Waals surface area contributed by atoms with Crippen LogP contribution < -0.4 is 10.6 Å². The molecule has 0 aliphatic rings. The van der Waals surface area contributed by atoms with E-state index in [1.807, 2.05) is 13.8 Å². The number of hydrogen-bond acceptors (Lipinski definition) is 3. The number of rotatable bonds is 4. The van der Waals surface area contributed by atoms with E-state index in [2.05, 4.69) is 31.5 Å². The van der Waals surface area contributed by atoms with Crippen LogP contribution in [0.4, 0.5) is 10.5 Å². The summed E-state index contributed by atoms with van der Waals surface area (Å²) in [7, 11) is 0. The first-order valence-electron chi connectivity index (χ1n) is 5.84. The van der Waals surface area contributed by atoms with Gasteiger partial charge in [0.05, 0.1) is 22.0 Å². The molecule has 0 bridgehead atoms. The number of aliphatic hydroxyl groups is 1. The lowest BCUT2D eigenvalue weighted by Gasteiger charge is -2.21. The van der Waals surface area contributed by atoms with Crippen LogP contribution >= 0.6 is 27.5 Å². The molecule has 2 amide bonds. The molecule has 0 aliphatic carbocycles. The maximum atomic E-state index is 11.7. The first-order chi connectivity index (χ1) is 8.76. The van der Waals surface area contributed by atoms with Gasteiger partial charge in [0.1, 0.15) is 5.15 Å². The minimum atomic E-state index is -0.911. The van der Waals surface area contributed by atoms with Crippen LogP contribution in [-0.2, 0) is 0 Å². The maximum absolute atomic E-state index is 11.7. The van der Waals surface area contributed by atoms with Crippen LogP contribution in [0, 0.1) is 6.92 Å². The molecule has 7 heteroatoms. The minimum Gasteiger partial charge on any atom is -0.388 e. The fourth-order valence-corrected chi connectivity index (χ4v) is 1.74. The standard InChI is InChI=1S/C12H17BrClN3O2/c1-4-12(3,19)6-16-11(18)17-8-5-15-10(14)9(13)7(8)2/h5,19H,4,6H2,1-3H3,(H2,16,17,18). The Hall–Kier alpha value is -0.850. The monoisotopic (exact) mass is 349 g/mol. The second-order valence-corrected chi connectivity index (χ2v) is 5.71. The molecule has 1 aromatic rings. The van der Waals surface area contributed by atoms with E-state index in [0.717, 1.165) is 5.56 Å². The number of carbonyl (C=O) groups excluding carboxylic acids is 1. The fourth-order valence-electron chi connectivity index (χ4n) is 1.24. The van der Waals surface area contributed by atoms with Crippen LogP contribution in [0.1, 0.15) is 25.8 Å². The predicted octanol–water partition coefficient (Wildman–Crippen LogP) is 3.09. The molecule has 1 unspecified atom stereocenters. The van der Waals surface area contributed by atoms with E-state index in [-0.39, 0.29) is 6.54 Å². The fraction of sp³-hybridized carbons (Fsp3) is 0.500. The summed E-state index contributed by atoms with van der Waals surface area (Å²) in [5.74, 6) is 0. The SMILES string of the molecule is CCC(C)(O)CNC(=O)Nc1cnc(Cl)c(Br)c1C. The highest BCUT2D eigenvalue weighted by molar-refractivity contribution is 9.10. The minimum absolute atomic E-state index is 0.177. The normalized spacial score (nSPS) is 13.8. The van der Waals surface area contributed by atoms with Gasteiger partial charge in [-0.3, -0.25) is 0 Å². The van der Waals surface area contributed by atoms with E-state index in [1.165, 1.54) is 6.20 Å². The molecule has 5 nitrogen and oxygen atoms in total. The zero-order valence-corrected chi connectivity index (χ0v) is 13.4. The Morgan fingerprint density at radius 3 is 2.84 bits per heavy atom. The summed E-state index contributed by atoms with van der Waals surface area (Å²) >= 11 is 9.14. The van der Waals surface area contributed by atoms with Crippen molar-refractivity contribution < 1.29 is 9.90 Å². The van der Waals surface area contributed by atoms with E-state index >= 15 is 0 Å². The Labute approximate surface area is 125 Å². The summed E-state index contributed by atoms with van der Waals surface area (Å²) in [6.45, 7) is 5.51. The van der Waals surface area contributed by atoms with Gasteiger partial charge in [0, 0.05) is 6.54 Å². The highest BCUT2D eigenvalue weighted by atomic mass is 79.9. The van der Waals surface area contributed by atoms with Gasteiger partial charge in [-0.1, -0.05) is 18.5 Å². The van der Waals surface area contributed by atoms with Gasteiger partial charge in [0.2, 0.25) is 0 Å². The second kappa shape index (κ2) is 6.54.